The van der Waals surface area contributed by atoms with Gasteiger partial charge >= 0.3 is 0 Å². The standard InChI is InChI=1S/C16H24FNO3/c1-11-8-16(14(13(3)19)9-15(11)17)18(6-7-20-4)12(2)10-21-5/h8-9,12H,6-7,10H2,1-5H3. The summed E-state index contributed by atoms with van der Waals surface area (Å²) in [4.78, 5) is 13.9. The summed E-state index contributed by atoms with van der Waals surface area (Å²) in [5, 5.41) is 0. The molecule has 1 rings (SSSR count). The molecule has 0 heterocycles. The second-order valence-electron chi connectivity index (χ2n) is 5.17. The average molecular weight is 297 g/mol. The molecule has 1 aromatic carbocycles. The molecule has 118 valence electrons. The van der Waals surface area contributed by atoms with Gasteiger partial charge in [-0.3, -0.25) is 4.79 Å². The molecule has 4 nitrogen and oxygen atoms in total. The minimum atomic E-state index is -0.366. The molecule has 0 aliphatic rings. The molecule has 5 heteroatoms. The van der Waals surface area contributed by atoms with Crippen molar-refractivity contribution < 1.29 is 18.7 Å². The third-order valence-corrected chi connectivity index (χ3v) is 3.44. The summed E-state index contributed by atoms with van der Waals surface area (Å²) in [5.74, 6) is -0.522. The predicted octanol–water partition coefficient (Wildman–Crippen LogP) is 2.82. The largest absolute Gasteiger partial charge is 0.383 e. The summed E-state index contributed by atoms with van der Waals surface area (Å²) in [6.07, 6.45) is 0. The summed E-state index contributed by atoms with van der Waals surface area (Å²) < 4.78 is 24.1. The Kier molecular flexibility index (Phi) is 6.78. The number of ether oxygens (including phenoxy) is 2. The molecule has 1 atom stereocenters. The van der Waals surface area contributed by atoms with Crippen LogP contribution in [-0.2, 0) is 9.47 Å². The first-order chi connectivity index (χ1) is 9.92. The zero-order valence-corrected chi connectivity index (χ0v) is 13.4. The molecule has 0 fully saturated rings. The van der Waals surface area contributed by atoms with Crippen molar-refractivity contribution in [1.82, 2.24) is 0 Å². The lowest BCUT2D eigenvalue weighted by Crippen LogP contribution is -2.39. The van der Waals surface area contributed by atoms with Crippen LogP contribution in [0.2, 0.25) is 0 Å². The van der Waals surface area contributed by atoms with E-state index in [0.29, 0.717) is 30.9 Å². The lowest BCUT2D eigenvalue weighted by atomic mass is 10.0. The van der Waals surface area contributed by atoms with Gasteiger partial charge in [0.05, 0.1) is 13.2 Å². The molecule has 0 radical (unpaired) electrons. The van der Waals surface area contributed by atoms with Crippen LogP contribution in [0.15, 0.2) is 12.1 Å². The van der Waals surface area contributed by atoms with Crippen LogP contribution in [0.3, 0.4) is 0 Å². The maximum absolute atomic E-state index is 13.8. The van der Waals surface area contributed by atoms with E-state index in [0.717, 1.165) is 5.69 Å². The van der Waals surface area contributed by atoms with E-state index >= 15 is 0 Å². The van der Waals surface area contributed by atoms with Crippen molar-refractivity contribution in [3.63, 3.8) is 0 Å². The van der Waals surface area contributed by atoms with Crippen molar-refractivity contribution in [3.8, 4) is 0 Å². The van der Waals surface area contributed by atoms with Gasteiger partial charge in [0.15, 0.2) is 5.78 Å². The molecule has 0 aliphatic carbocycles. The second kappa shape index (κ2) is 8.10. The lowest BCUT2D eigenvalue weighted by molar-refractivity contribution is 0.101. The molecule has 0 N–H and O–H groups in total. The quantitative estimate of drug-likeness (QED) is 0.692. The van der Waals surface area contributed by atoms with Crippen LogP contribution in [0, 0.1) is 12.7 Å². The number of carbonyl (C=O) groups is 1. The minimum Gasteiger partial charge on any atom is -0.383 e. The third kappa shape index (κ3) is 4.51. The molecule has 0 amide bonds. The van der Waals surface area contributed by atoms with Gasteiger partial charge in [0.2, 0.25) is 0 Å². The Bertz CT molecular complexity index is 491. The predicted molar refractivity (Wildman–Crippen MR) is 81.7 cm³/mol. The van der Waals surface area contributed by atoms with Gasteiger partial charge < -0.3 is 14.4 Å². The zero-order valence-electron chi connectivity index (χ0n) is 13.4. The molecule has 21 heavy (non-hydrogen) atoms. The van der Waals surface area contributed by atoms with E-state index in [-0.39, 0.29) is 17.6 Å². The van der Waals surface area contributed by atoms with E-state index in [2.05, 4.69) is 0 Å². The van der Waals surface area contributed by atoms with Crippen LogP contribution in [0.25, 0.3) is 0 Å². The van der Waals surface area contributed by atoms with Crippen LogP contribution in [0.1, 0.15) is 29.8 Å². The fraction of sp³-hybridized carbons (Fsp3) is 0.562. The topological polar surface area (TPSA) is 38.8 Å². The Morgan fingerprint density at radius 1 is 1.33 bits per heavy atom. The van der Waals surface area contributed by atoms with Gasteiger partial charge in [-0.05, 0) is 38.5 Å². The average Bonchev–Trinajstić information content (AvgIpc) is 2.42. The molecule has 0 aromatic heterocycles. The molecule has 0 saturated heterocycles. The fourth-order valence-electron chi connectivity index (χ4n) is 2.28. The number of benzene rings is 1. The molecule has 0 bridgehead atoms. The maximum atomic E-state index is 13.8. The van der Waals surface area contributed by atoms with E-state index < -0.39 is 0 Å². The number of halogens is 1. The number of hydrogen-bond acceptors (Lipinski definition) is 4. The van der Waals surface area contributed by atoms with Crippen molar-refractivity contribution in [2.24, 2.45) is 0 Å². The van der Waals surface area contributed by atoms with Gasteiger partial charge in [-0.15, -0.1) is 0 Å². The minimum absolute atomic E-state index is 0.0492. The van der Waals surface area contributed by atoms with Crippen LogP contribution in [-0.4, -0.2) is 45.8 Å². The Hall–Kier alpha value is -1.46. The first-order valence-corrected chi connectivity index (χ1v) is 6.98. The highest BCUT2D eigenvalue weighted by Crippen LogP contribution is 2.26. The highest BCUT2D eigenvalue weighted by molar-refractivity contribution is 6.00. The van der Waals surface area contributed by atoms with Crippen LogP contribution >= 0.6 is 0 Å². The number of methoxy groups -OCH3 is 2. The number of hydrogen-bond donors (Lipinski definition) is 0. The van der Waals surface area contributed by atoms with E-state index in [1.54, 1.807) is 27.2 Å². The molecular formula is C16H24FNO3. The van der Waals surface area contributed by atoms with Crippen LogP contribution < -0.4 is 4.90 Å². The smallest absolute Gasteiger partial charge is 0.161 e. The SMILES string of the molecule is COCCN(c1cc(C)c(F)cc1C(C)=O)C(C)COC. The molecule has 0 spiro atoms. The van der Waals surface area contributed by atoms with Gasteiger partial charge in [0.25, 0.3) is 0 Å². The maximum Gasteiger partial charge on any atom is 0.161 e. The fourth-order valence-corrected chi connectivity index (χ4v) is 2.28. The monoisotopic (exact) mass is 297 g/mol. The van der Waals surface area contributed by atoms with Crippen LogP contribution in [0.4, 0.5) is 10.1 Å². The Morgan fingerprint density at radius 3 is 2.52 bits per heavy atom. The number of rotatable bonds is 8. The van der Waals surface area contributed by atoms with Crippen molar-refractivity contribution in [3.05, 3.63) is 29.1 Å². The van der Waals surface area contributed by atoms with Gasteiger partial charge in [-0.25, -0.2) is 4.39 Å². The van der Waals surface area contributed by atoms with E-state index in [1.807, 2.05) is 11.8 Å². The number of nitrogens with zero attached hydrogens (tertiary/aromatic N) is 1. The first-order valence-electron chi connectivity index (χ1n) is 6.98. The van der Waals surface area contributed by atoms with Gasteiger partial charge in [-0.1, -0.05) is 0 Å². The molecule has 1 aromatic rings. The number of carbonyl (C=O) groups excluding carboxylic acids is 1. The summed E-state index contributed by atoms with van der Waals surface area (Å²) in [6, 6.07) is 3.08. The molecule has 0 saturated carbocycles. The molecule has 0 aliphatic heterocycles. The van der Waals surface area contributed by atoms with Gasteiger partial charge in [0.1, 0.15) is 5.82 Å². The van der Waals surface area contributed by atoms with E-state index in [1.165, 1.54) is 13.0 Å². The molecule has 1 unspecified atom stereocenters. The van der Waals surface area contributed by atoms with Crippen molar-refractivity contribution in [2.75, 3.05) is 38.9 Å². The summed E-state index contributed by atoms with van der Waals surface area (Å²) >= 11 is 0. The van der Waals surface area contributed by atoms with E-state index in [4.69, 9.17) is 9.47 Å². The van der Waals surface area contributed by atoms with Gasteiger partial charge in [-0.2, -0.15) is 0 Å². The summed E-state index contributed by atoms with van der Waals surface area (Å²) in [6.45, 7) is 6.77. The first kappa shape index (κ1) is 17.6. The Morgan fingerprint density at radius 2 is 2.00 bits per heavy atom. The van der Waals surface area contributed by atoms with Gasteiger partial charge in [0, 0.05) is 38.1 Å². The van der Waals surface area contributed by atoms with E-state index in [9.17, 15) is 9.18 Å². The normalized spacial score (nSPS) is 12.3. The highest BCUT2D eigenvalue weighted by atomic mass is 19.1. The number of anilines is 1. The Labute approximate surface area is 125 Å². The summed E-state index contributed by atoms with van der Waals surface area (Å²) in [5.41, 5.74) is 1.63. The third-order valence-electron chi connectivity index (χ3n) is 3.44. The second-order valence-corrected chi connectivity index (χ2v) is 5.17. The summed E-state index contributed by atoms with van der Waals surface area (Å²) in [7, 11) is 3.26. The van der Waals surface area contributed by atoms with Crippen molar-refractivity contribution in [1.29, 1.82) is 0 Å². The lowest BCUT2D eigenvalue weighted by Gasteiger charge is -2.32. The van der Waals surface area contributed by atoms with Crippen molar-refractivity contribution >= 4 is 11.5 Å². The van der Waals surface area contributed by atoms with Crippen molar-refractivity contribution in [2.45, 2.75) is 26.8 Å². The zero-order chi connectivity index (χ0) is 16.0. The Balaban J connectivity index is 3.27. The number of aryl methyl sites for hydroxylation is 1. The van der Waals surface area contributed by atoms with Crippen LogP contribution in [0.5, 0.6) is 0 Å². The highest BCUT2D eigenvalue weighted by Gasteiger charge is 2.21. The number of Topliss-reactive ketones (excluding diaryl/α,β-unsaturated/α-hetero) is 1. The molecular weight excluding hydrogens is 273 g/mol. The number of ketones is 1.